The molecule has 1 aromatic rings. The zero-order valence-electron chi connectivity index (χ0n) is 7.88. The molecule has 0 saturated heterocycles. The van der Waals surface area contributed by atoms with Gasteiger partial charge < -0.3 is 11.1 Å². The van der Waals surface area contributed by atoms with E-state index in [1.807, 2.05) is 0 Å². The predicted molar refractivity (Wildman–Crippen MR) is 56.3 cm³/mol. The summed E-state index contributed by atoms with van der Waals surface area (Å²) in [6.07, 6.45) is 0.308. The third-order valence-corrected chi connectivity index (χ3v) is 1.91. The summed E-state index contributed by atoms with van der Waals surface area (Å²) in [4.78, 5) is 15.2. The summed E-state index contributed by atoms with van der Waals surface area (Å²) in [5.74, 6) is -0.111. The Hall–Kier alpha value is -1.13. The fourth-order valence-corrected chi connectivity index (χ4v) is 1.20. The fourth-order valence-electron chi connectivity index (χ4n) is 1.01. The number of anilines is 1. The maximum absolute atomic E-state index is 11.2. The van der Waals surface area contributed by atoms with Crippen LogP contribution in [0.1, 0.15) is 12.1 Å². The van der Waals surface area contributed by atoms with Gasteiger partial charge >= 0.3 is 0 Å². The number of halogens is 1. The predicted octanol–water partition coefficient (Wildman–Crippen LogP) is 1.33. The summed E-state index contributed by atoms with van der Waals surface area (Å²) in [6.45, 7) is 2.12. The van der Waals surface area contributed by atoms with Crippen LogP contribution in [-0.2, 0) is 4.79 Å². The van der Waals surface area contributed by atoms with Gasteiger partial charge in [-0.15, -0.1) is 0 Å². The van der Waals surface area contributed by atoms with Gasteiger partial charge in [0.25, 0.3) is 0 Å². The van der Waals surface area contributed by atoms with Crippen LogP contribution in [0.3, 0.4) is 0 Å². The first-order chi connectivity index (χ1) is 6.63. The molecule has 76 valence electrons. The van der Waals surface area contributed by atoms with Crippen LogP contribution in [0.4, 0.5) is 5.69 Å². The van der Waals surface area contributed by atoms with E-state index in [1.54, 1.807) is 19.1 Å². The number of carbonyl (C=O) groups is 1. The summed E-state index contributed by atoms with van der Waals surface area (Å²) in [5.41, 5.74) is 6.62. The van der Waals surface area contributed by atoms with Crippen LogP contribution in [-0.4, -0.2) is 17.4 Å². The maximum atomic E-state index is 11.2. The molecule has 0 aliphatic carbocycles. The highest BCUT2D eigenvalue weighted by Gasteiger charge is 2.04. The van der Waals surface area contributed by atoms with E-state index >= 15 is 0 Å². The summed E-state index contributed by atoms with van der Waals surface area (Å²) in [6, 6.07) is 3.35. The molecule has 0 unspecified atom stereocenters. The van der Waals surface area contributed by atoms with Crippen molar-refractivity contribution in [2.45, 2.75) is 13.3 Å². The standard InChI is InChI=1S/C9H12ClN3O/c1-6-7(2-3-8(10)12-6)13-9(14)4-5-11/h2-3H,4-5,11H2,1H3,(H,13,14). The molecule has 4 nitrogen and oxygen atoms in total. The SMILES string of the molecule is Cc1nc(Cl)ccc1NC(=O)CCN. The van der Waals surface area contributed by atoms with Gasteiger partial charge in [0, 0.05) is 13.0 Å². The Bertz CT molecular complexity index is 341. The number of aromatic nitrogens is 1. The highest BCUT2D eigenvalue weighted by Crippen LogP contribution is 2.15. The monoisotopic (exact) mass is 213 g/mol. The van der Waals surface area contributed by atoms with Gasteiger partial charge in [0.2, 0.25) is 5.91 Å². The fraction of sp³-hybridized carbons (Fsp3) is 0.333. The van der Waals surface area contributed by atoms with Crippen LogP contribution in [0, 0.1) is 6.92 Å². The molecule has 0 radical (unpaired) electrons. The van der Waals surface area contributed by atoms with Gasteiger partial charge in [0.05, 0.1) is 11.4 Å². The van der Waals surface area contributed by atoms with E-state index in [1.165, 1.54) is 0 Å². The number of pyridine rings is 1. The smallest absolute Gasteiger partial charge is 0.225 e. The Morgan fingerprint density at radius 2 is 2.36 bits per heavy atom. The second-order valence-electron chi connectivity index (χ2n) is 2.85. The number of aryl methyl sites for hydroxylation is 1. The number of nitrogens with zero attached hydrogens (tertiary/aromatic N) is 1. The Morgan fingerprint density at radius 3 is 2.93 bits per heavy atom. The van der Waals surface area contributed by atoms with Crippen molar-refractivity contribution < 1.29 is 4.79 Å². The van der Waals surface area contributed by atoms with Crippen LogP contribution >= 0.6 is 11.6 Å². The number of hydrogen-bond acceptors (Lipinski definition) is 3. The average Bonchev–Trinajstić information content (AvgIpc) is 2.10. The minimum Gasteiger partial charge on any atom is -0.330 e. The molecule has 14 heavy (non-hydrogen) atoms. The zero-order chi connectivity index (χ0) is 10.6. The molecule has 0 spiro atoms. The van der Waals surface area contributed by atoms with E-state index in [4.69, 9.17) is 17.3 Å². The van der Waals surface area contributed by atoms with E-state index in [0.29, 0.717) is 29.5 Å². The molecule has 1 amide bonds. The minimum atomic E-state index is -0.111. The summed E-state index contributed by atoms with van der Waals surface area (Å²) in [7, 11) is 0. The zero-order valence-corrected chi connectivity index (χ0v) is 8.64. The quantitative estimate of drug-likeness (QED) is 0.745. The molecular weight excluding hydrogens is 202 g/mol. The van der Waals surface area contributed by atoms with Crippen molar-refractivity contribution in [1.82, 2.24) is 4.98 Å². The lowest BCUT2D eigenvalue weighted by molar-refractivity contribution is -0.116. The molecule has 1 rings (SSSR count). The van der Waals surface area contributed by atoms with Crippen molar-refractivity contribution >= 4 is 23.2 Å². The normalized spacial score (nSPS) is 9.93. The van der Waals surface area contributed by atoms with E-state index in [0.717, 1.165) is 0 Å². The second-order valence-corrected chi connectivity index (χ2v) is 3.24. The first-order valence-corrected chi connectivity index (χ1v) is 4.64. The van der Waals surface area contributed by atoms with Crippen molar-refractivity contribution in [3.63, 3.8) is 0 Å². The van der Waals surface area contributed by atoms with Crippen molar-refractivity contribution in [2.75, 3.05) is 11.9 Å². The Labute approximate surface area is 87.5 Å². The molecular formula is C9H12ClN3O. The van der Waals surface area contributed by atoms with Gasteiger partial charge in [-0.2, -0.15) is 0 Å². The maximum Gasteiger partial charge on any atom is 0.225 e. The van der Waals surface area contributed by atoms with E-state index < -0.39 is 0 Å². The molecule has 0 aliphatic heterocycles. The van der Waals surface area contributed by atoms with E-state index in [2.05, 4.69) is 10.3 Å². The lowest BCUT2D eigenvalue weighted by Gasteiger charge is -2.06. The molecule has 3 N–H and O–H groups in total. The molecule has 0 aromatic carbocycles. The highest BCUT2D eigenvalue weighted by molar-refractivity contribution is 6.29. The van der Waals surface area contributed by atoms with Gasteiger partial charge in [0.15, 0.2) is 0 Å². The average molecular weight is 214 g/mol. The summed E-state index contributed by atoms with van der Waals surface area (Å²) >= 11 is 5.67. The molecule has 0 aliphatic rings. The number of hydrogen-bond donors (Lipinski definition) is 2. The van der Waals surface area contributed by atoms with E-state index in [-0.39, 0.29) is 5.91 Å². The highest BCUT2D eigenvalue weighted by atomic mass is 35.5. The minimum absolute atomic E-state index is 0.111. The van der Waals surface area contributed by atoms with Crippen LogP contribution in [0.25, 0.3) is 0 Å². The van der Waals surface area contributed by atoms with Gasteiger partial charge in [-0.25, -0.2) is 4.98 Å². The largest absolute Gasteiger partial charge is 0.330 e. The molecule has 0 saturated carbocycles. The number of amides is 1. The summed E-state index contributed by atoms with van der Waals surface area (Å²) in [5, 5.41) is 3.11. The van der Waals surface area contributed by atoms with Gasteiger partial charge in [0.1, 0.15) is 5.15 Å². The third kappa shape index (κ3) is 2.97. The molecule has 1 aromatic heterocycles. The topological polar surface area (TPSA) is 68.0 Å². The Kier molecular flexibility index (Phi) is 3.85. The van der Waals surface area contributed by atoms with Crippen molar-refractivity contribution in [2.24, 2.45) is 5.73 Å². The second kappa shape index (κ2) is 4.93. The number of carbonyl (C=O) groups excluding carboxylic acids is 1. The van der Waals surface area contributed by atoms with Crippen LogP contribution in [0.15, 0.2) is 12.1 Å². The van der Waals surface area contributed by atoms with Crippen molar-refractivity contribution in [1.29, 1.82) is 0 Å². The Balaban J connectivity index is 2.72. The van der Waals surface area contributed by atoms with Gasteiger partial charge in [-0.3, -0.25) is 4.79 Å². The van der Waals surface area contributed by atoms with Crippen molar-refractivity contribution in [3.8, 4) is 0 Å². The van der Waals surface area contributed by atoms with Crippen LogP contribution < -0.4 is 11.1 Å². The van der Waals surface area contributed by atoms with Crippen LogP contribution in [0.5, 0.6) is 0 Å². The first-order valence-electron chi connectivity index (χ1n) is 4.26. The number of rotatable bonds is 3. The number of nitrogens with two attached hydrogens (primary N) is 1. The molecule has 0 bridgehead atoms. The van der Waals surface area contributed by atoms with Crippen molar-refractivity contribution in [3.05, 3.63) is 23.0 Å². The first kappa shape index (κ1) is 10.9. The lowest BCUT2D eigenvalue weighted by Crippen LogP contribution is -2.16. The molecule has 1 heterocycles. The van der Waals surface area contributed by atoms with E-state index in [9.17, 15) is 4.79 Å². The molecule has 5 heteroatoms. The summed E-state index contributed by atoms with van der Waals surface area (Å²) < 4.78 is 0. The molecule has 0 fully saturated rings. The molecule has 0 atom stereocenters. The third-order valence-electron chi connectivity index (χ3n) is 1.70. The lowest BCUT2D eigenvalue weighted by atomic mass is 10.3. The Morgan fingerprint density at radius 1 is 1.64 bits per heavy atom. The number of nitrogens with one attached hydrogen (secondary N) is 1. The van der Waals surface area contributed by atoms with Gasteiger partial charge in [-0.05, 0) is 19.1 Å². The van der Waals surface area contributed by atoms with Gasteiger partial charge in [-0.1, -0.05) is 11.6 Å². The van der Waals surface area contributed by atoms with Crippen LogP contribution in [0.2, 0.25) is 5.15 Å².